The van der Waals surface area contributed by atoms with Crippen molar-refractivity contribution in [3.05, 3.63) is 25.2 Å². The van der Waals surface area contributed by atoms with Crippen molar-refractivity contribution in [2.75, 3.05) is 0 Å². The average molecular weight is 156 g/mol. The van der Waals surface area contributed by atoms with Gasteiger partial charge in [-0.2, -0.15) is 0 Å². The Morgan fingerprint density at radius 3 is 2.27 bits per heavy atom. The molecule has 0 atom stereocenters. The van der Waals surface area contributed by atoms with E-state index < -0.39 is 11.9 Å². The molecular weight excluding hydrogens is 148 g/mol. The van der Waals surface area contributed by atoms with Gasteiger partial charge >= 0.3 is 11.9 Å². The van der Waals surface area contributed by atoms with Gasteiger partial charge in [-0.25, -0.2) is 9.59 Å². The molecule has 0 heterocycles. The molecule has 0 aromatic carbocycles. The van der Waals surface area contributed by atoms with Crippen LogP contribution in [0.2, 0.25) is 0 Å². The second-order valence-corrected chi connectivity index (χ2v) is 1.45. The Hall–Kier alpha value is -1.58. The van der Waals surface area contributed by atoms with Crippen LogP contribution in [0.15, 0.2) is 25.2 Å². The van der Waals surface area contributed by atoms with E-state index in [-0.39, 0.29) is 0 Å². The van der Waals surface area contributed by atoms with Gasteiger partial charge in [0.15, 0.2) is 0 Å². The van der Waals surface area contributed by atoms with E-state index >= 15 is 0 Å². The Morgan fingerprint density at radius 1 is 1.27 bits per heavy atom. The van der Waals surface area contributed by atoms with Crippen molar-refractivity contribution >= 4 is 11.9 Å². The van der Waals surface area contributed by atoms with Crippen molar-refractivity contribution in [1.82, 2.24) is 0 Å². The molecule has 0 amide bonds. The van der Waals surface area contributed by atoms with E-state index in [1.54, 1.807) is 6.92 Å². The summed E-state index contributed by atoms with van der Waals surface area (Å²) in [5.41, 5.74) is 0. The number of hydrogen-bond acceptors (Lipinski definition) is 4. The van der Waals surface area contributed by atoms with Crippen molar-refractivity contribution in [1.29, 1.82) is 0 Å². The summed E-state index contributed by atoms with van der Waals surface area (Å²) in [6.07, 6.45) is 3.42. The molecule has 0 bridgehead atoms. The summed E-state index contributed by atoms with van der Waals surface area (Å²) < 4.78 is 8.38. The second kappa shape index (κ2) is 5.22. The first-order valence-corrected chi connectivity index (χ1v) is 2.86. The number of hydrogen-bond donors (Lipinski definition) is 0. The normalized spacial score (nSPS) is 9.18. The molecule has 0 radical (unpaired) electrons. The third-order valence-electron chi connectivity index (χ3n) is 0.668. The molecule has 0 aromatic rings. The summed E-state index contributed by atoms with van der Waals surface area (Å²) in [5, 5.41) is 0. The molecular formula is C7H8O4. The predicted octanol–water partition coefficient (Wildman–Crippen LogP) is 0.750. The van der Waals surface area contributed by atoms with Gasteiger partial charge in [0.05, 0.1) is 12.5 Å². The summed E-state index contributed by atoms with van der Waals surface area (Å²) >= 11 is 0. The molecule has 0 fully saturated rings. The van der Waals surface area contributed by atoms with Gasteiger partial charge < -0.3 is 9.47 Å². The number of ether oxygens (including phenoxy) is 2. The van der Waals surface area contributed by atoms with Crippen molar-refractivity contribution in [3.63, 3.8) is 0 Å². The highest BCUT2D eigenvalue weighted by atomic mass is 16.6. The largest absolute Gasteiger partial charge is 0.427 e. The lowest BCUT2D eigenvalue weighted by molar-refractivity contribution is -0.160. The summed E-state index contributed by atoms with van der Waals surface area (Å²) in [6.45, 7) is 4.74. The molecule has 11 heavy (non-hydrogen) atoms. The maximum atomic E-state index is 10.5. The van der Waals surface area contributed by atoms with Crippen LogP contribution in [0.1, 0.15) is 6.92 Å². The van der Waals surface area contributed by atoms with Crippen molar-refractivity contribution in [3.8, 4) is 0 Å². The molecule has 0 saturated carbocycles. The zero-order valence-electron chi connectivity index (χ0n) is 6.07. The maximum absolute atomic E-state index is 10.5. The molecule has 0 spiro atoms. The summed E-state index contributed by atoms with van der Waals surface area (Å²) in [5.74, 6) is -2.15. The van der Waals surface area contributed by atoms with Gasteiger partial charge in [0.2, 0.25) is 0 Å². The average Bonchev–Trinajstić information content (AvgIpc) is 2.00. The monoisotopic (exact) mass is 156 g/mol. The lowest BCUT2D eigenvalue weighted by Crippen LogP contribution is -2.15. The van der Waals surface area contributed by atoms with E-state index in [1.807, 2.05) is 0 Å². The van der Waals surface area contributed by atoms with Crippen molar-refractivity contribution in [2.45, 2.75) is 6.92 Å². The molecule has 0 saturated heterocycles. The van der Waals surface area contributed by atoms with Crippen molar-refractivity contribution < 1.29 is 19.1 Å². The van der Waals surface area contributed by atoms with Crippen molar-refractivity contribution in [2.24, 2.45) is 0 Å². The number of esters is 2. The number of allylic oxidation sites excluding steroid dienone is 1. The minimum absolute atomic E-state index is 0.860. The van der Waals surface area contributed by atoms with E-state index in [0.717, 1.165) is 12.5 Å². The minimum atomic E-state index is -1.09. The van der Waals surface area contributed by atoms with E-state index in [1.165, 1.54) is 6.08 Å². The molecule has 60 valence electrons. The van der Waals surface area contributed by atoms with E-state index in [9.17, 15) is 9.59 Å². The van der Waals surface area contributed by atoms with Crippen LogP contribution >= 0.6 is 0 Å². The quantitative estimate of drug-likeness (QED) is 0.336. The van der Waals surface area contributed by atoms with Gasteiger partial charge in [0, 0.05) is 0 Å². The minimum Gasteiger partial charge on any atom is -0.427 e. The molecule has 0 aliphatic heterocycles. The first-order chi connectivity index (χ1) is 5.22. The van der Waals surface area contributed by atoms with Gasteiger partial charge in [-0.15, -0.1) is 0 Å². The standard InChI is InChI=1S/C7H8O4/c1-3-5-11-7(9)6(8)10-4-2/h3-5H,2H2,1H3. The first-order valence-electron chi connectivity index (χ1n) is 2.86. The Labute approximate surface area is 64.1 Å². The fourth-order valence-corrected chi connectivity index (χ4v) is 0.302. The second-order valence-electron chi connectivity index (χ2n) is 1.45. The SMILES string of the molecule is C=COC(=O)C(=O)OC=CC. The van der Waals surface area contributed by atoms with Gasteiger partial charge in [-0.3, -0.25) is 0 Å². The smallest absolute Gasteiger partial charge is 0.422 e. The topological polar surface area (TPSA) is 52.6 Å². The summed E-state index contributed by atoms with van der Waals surface area (Å²) in [7, 11) is 0. The highest BCUT2D eigenvalue weighted by Crippen LogP contribution is 1.85. The lowest BCUT2D eigenvalue weighted by atomic mass is 10.7. The molecule has 0 aliphatic rings. The molecule has 0 N–H and O–H groups in total. The predicted molar refractivity (Wildman–Crippen MR) is 37.2 cm³/mol. The molecule has 0 aromatic heterocycles. The summed E-state index contributed by atoms with van der Waals surface area (Å²) in [6, 6.07) is 0. The highest BCUT2D eigenvalue weighted by molar-refractivity contribution is 6.30. The van der Waals surface area contributed by atoms with Crippen LogP contribution in [-0.2, 0) is 19.1 Å². The van der Waals surface area contributed by atoms with E-state index in [4.69, 9.17) is 0 Å². The Bertz CT molecular complexity index is 193. The zero-order valence-corrected chi connectivity index (χ0v) is 6.07. The third kappa shape index (κ3) is 3.91. The number of carbonyl (C=O) groups excluding carboxylic acids is 2. The van der Waals surface area contributed by atoms with E-state index in [0.29, 0.717) is 0 Å². The first kappa shape index (κ1) is 9.42. The maximum Gasteiger partial charge on any atom is 0.422 e. The summed E-state index contributed by atoms with van der Waals surface area (Å²) in [4.78, 5) is 20.9. The Kier molecular flexibility index (Phi) is 4.47. The van der Waals surface area contributed by atoms with E-state index in [2.05, 4.69) is 16.1 Å². The van der Waals surface area contributed by atoms with Gasteiger partial charge in [-0.05, 0) is 6.92 Å². The third-order valence-corrected chi connectivity index (χ3v) is 0.668. The van der Waals surface area contributed by atoms with Gasteiger partial charge in [0.25, 0.3) is 0 Å². The molecule has 4 nitrogen and oxygen atoms in total. The van der Waals surface area contributed by atoms with Crippen LogP contribution in [0.25, 0.3) is 0 Å². The Balaban J connectivity index is 3.83. The Morgan fingerprint density at radius 2 is 1.82 bits per heavy atom. The van der Waals surface area contributed by atoms with Gasteiger partial charge in [-0.1, -0.05) is 12.7 Å². The molecule has 4 heteroatoms. The van der Waals surface area contributed by atoms with Crippen LogP contribution < -0.4 is 0 Å². The fraction of sp³-hybridized carbons (Fsp3) is 0.143. The van der Waals surface area contributed by atoms with Crippen LogP contribution in [0.3, 0.4) is 0 Å². The zero-order chi connectivity index (χ0) is 8.69. The van der Waals surface area contributed by atoms with Crippen LogP contribution in [0.4, 0.5) is 0 Å². The van der Waals surface area contributed by atoms with Crippen LogP contribution in [0, 0.1) is 0 Å². The molecule has 0 rings (SSSR count). The van der Waals surface area contributed by atoms with Gasteiger partial charge in [0.1, 0.15) is 0 Å². The lowest BCUT2D eigenvalue weighted by Gasteiger charge is -1.94. The fourth-order valence-electron chi connectivity index (χ4n) is 0.302. The van der Waals surface area contributed by atoms with Crippen LogP contribution in [-0.4, -0.2) is 11.9 Å². The highest BCUT2D eigenvalue weighted by Gasteiger charge is 2.14. The molecule has 0 aliphatic carbocycles. The number of carbonyl (C=O) groups is 2. The molecule has 0 unspecified atom stereocenters. The number of rotatable bonds is 2. The van der Waals surface area contributed by atoms with Crippen LogP contribution in [0.5, 0.6) is 0 Å².